The predicted molar refractivity (Wildman–Crippen MR) is 126 cm³/mol. The highest BCUT2D eigenvalue weighted by molar-refractivity contribution is 7.89. The molecule has 2 aromatic carbocycles. The van der Waals surface area contributed by atoms with Crippen LogP contribution in [0.25, 0.3) is 5.69 Å². The van der Waals surface area contributed by atoms with Gasteiger partial charge in [-0.3, -0.25) is 0 Å². The molecule has 1 saturated carbocycles. The van der Waals surface area contributed by atoms with E-state index < -0.39 is 10.0 Å². The van der Waals surface area contributed by atoms with E-state index in [2.05, 4.69) is 20.0 Å². The number of anilines is 1. The zero-order valence-corrected chi connectivity index (χ0v) is 19.3. The number of hydrogen-bond acceptors (Lipinski definition) is 6. The van der Waals surface area contributed by atoms with Crippen molar-refractivity contribution in [2.75, 3.05) is 5.73 Å². The van der Waals surface area contributed by atoms with Gasteiger partial charge in [0.05, 0.1) is 21.3 Å². The zero-order chi connectivity index (χ0) is 22.7. The smallest absolute Gasteiger partial charge is 0.240 e. The van der Waals surface area contributed by atoms with Crippen molar-refractivity contribution < 1.29 is 8.42 Å². The van der Waals surface area contributed by atoms with Crippen molar-refractivity contribution in [3.8, 4) is 5.69 Å². The molecule has 168 valence electrons. The minimum Gasteiger partial charge on any atom is -0.382 e. The van der Waals surface area contributed by atoms with Gasteiger partial charge in [0, 0.05) is 6.04 Å². The molecule has 1 heterocycles. The number of nitrogens with one attached hydrogen (secondary N) is 1. The molecule has 0 bridgehead atoms. The first kappa shape index (κ1) is 22.4. The zero-order valence-electron chi connectivity index (χ0n) is 17.7. The molecule has 1 aromatic heterocycles. The lowest BCUT2D eigenvalue weighted by molar-refractivity contribution is 0.412. The van der Waals surface area contributed by atoms with Crippen molar-refractivity contribution in [1.82, 2.24) is 14.5 Å². The van der Waals surface area contributed by atoms with E-state index in [1.165, 1.54) is 18.2 Å². The number of nitrogens with zero attached hydrogens (tertiary/aromatic N) is 4. The molecule has 0 unspecified atom stereocenters. The molecule has 0 amide bonds. The second-order valence-electron chi connectivity index (χ2n) is 7.84. The van der Waals surface area contributed by atoms with E-state index in [9.17, 15) is 8.42 Å². The van der Waals surface area contributed by atoms with E-state index in [0.29, 0.717) is 17.2 Å². The van der Waals surface area contributed by atoms with Gasteiger partial charge in [-0.1, -0.05) is 49.1 Å². The van der Waals surface area contributed by atoms with Crippen molar-refractivity contribution in [2.45, 2.75) is 50.0 Å². The summed E-state index contributed by atoms with van der Waals surface area (Å²) in [7, 11) is -3.68. The van der Waals surface area contributed by atoms with Crippen LogP contribution < -0.4 is 10.5 Å². The fraction of sp³-hybridized carbons (Fsp3) is 0.318. The number of sulfonamides is 1. The Balaban J connectivity index is 1.61. The molecule has 1 fully saturated rings. The summed E-state index contributed by atoms with van der Waals surface area (Å²) < 4.78 is 30.1. The van der Waals surface area contributed by atoms with Crippen LogP contribution in [0.4, 0.5) is 17.2 Å². The maximum Gasteiger partial charge on any atom is 0.240 e. The Morgan fingerprint density at radius 2 is 1.81 bits per heavy atom. The van der Waals surface area contributed by atoms with E-state index in [4.69, 9.17) is 17.3 Å². The number of azo groups is 1. The molecule has 1 aliphatic rings. The molecule has 10 heteroatoms. The molecule has 32 heavy (non-hydrogen) atoms. The number of nitrogens with two attached hydrogens (primary N) is 1. The number of halogens is 1. The lowest BCUT2D eigenvalue weighted by Gasteiger charge is -2.22. The van der Waals surface area contributed by atoms with Crippen LogP contribution >= 0.6 is 11.6 Å². The number of hydrogen-bond donors (Lipinski definition) is 2. The largest absolute Gasteiger partial charge is 0.382 e. The van der Waals surface area contributed by atoms with Gasteiger partial charge in [-0.15, -0.1) is 10.2 Å². The molecule has 8 nitrogen and oxygen atoms in total. The first-order chi connectivity index (χ1) is 15.3. The van der Waals surface area contributed by atoms with E-state index in [0.717, 1.165) is 37.8 Å². The number of aromatic nitrogens is 2. The van der Waals surface area contributed by atoms with Crippen LogP contribution in [0.3, 0.4) is 0 Å². The van der Waals surface area contributed by atoms with Gasteiger partial charge in [0.25, 0.3) is 0 Å². The monoisotopic (exact) mass is 472 g/mol. The van der Waals surface area contributed by atoms with Crippen LogP contribution in [-0.4, -0.2) is 24.2 Å². The number of benzene rings is 2. The average molecular weight is 473 g/mol. The fourth-order valence-corrected chi connectivity index (χ4v) is 5.25. The molecule has 4 rings (SSSR count). The van der Waals surface area contributed by atoms with Crippen LogP contribution in [0, 0.1) is 6.92 Å². The Kier molecular flexibility index (Phi) is 6.59. The molecule has 0 atom stereocenters. The summed E-state index contributed by atoms with van der Waals surface area (Å²) >= 11 is 6.26. The summed E-state index contributed by atoms with van der Waals surface area (Å²) in [6.45, 7) is 1.78. The van der Waals surface area contributed by atoms with Crippen LogP contribution in [0.2, 0.25) is 5.02 Å². The van der Waals surface area contributed by atoms with Gasteiger partial charge in [-0.2, -0.15) is 5.10 Å². The van der Waals surface area contributed by atoms with Gasteiger partial charge >= 0.3 is 0 Å². The Bertz CT molecular complexity index is 1230. The van der Waals surface area contributed by atoms with Crippen molar-refractivity contribution in [3.63, 3.8) is 0 Å². The summed E-state index contributed by atoms with van der Waals surface area (Å²) in [5.74, 6) is 0.330. The highest BCUT2D eigenvalue weighted by Gasteiger charge is 2.22. The Labute approximate surface area is 192 Å². The second-order valence-corrected chi connectivity index (χ2v) is 9.96. The van der Waals surface area contributed by atoms with Gasteiger partial charge in [0.1, 0.15) is 5.69 Å². The van der Waals surface area contributed by atoms with Crippen molar-refractivity contribution >= 4 is 38.8 Å². The minimum absolute atomic E-state index is 0.0409. The minimum atomic E-state index is -3.68. The van der Waals surface area contributed by atoms with E-state index in [-0.39, 0.29) is 21.6 Å². The molecule has 0 aliphatic heterocycles. The van der Waals surface area contributed by atoms with E-state index in [1.807, 2.05) is 30.3 Å². The molecule has 3 N–H and O–H groups in total. The van der Waals surface area contributed by atoms with Crippen LogP contribution in [0.1, 0.15) is 37.8 Å². The molecule has 0 saturated heterocycles. The van der Waals surface area contributed by atoms with Crippen LogP contribution in [0.15, 0.2) is 63.7 Å². The standard InChI is InChI=1S/C22H25ClN6O2S/c1-15-21(22(24)29(27-15)17-10-6-3-7-11-17)26-25-20-14-18(12-13-19(20)23)32(30,31)28-16-8-4-2-5-9-16/h3,6-7,10-14,16,28H,2,4-5,8-9,24H2,1H3/b26-25+. The topological polar surface area (TPSA) is 115 Å². The SMILES string of the molecule is Cc1nn(-c2ccccc2)c(N)c1/N=N/c1cc(S(=O)(=O)NC2CCCCC2)ccc1Cl. The Morgan fingerprint density at radius 3 is 2.53 bits per heavy atom. The third-order valence-electron chi connectivity index (χ3n) is 5.48. The quantitative estimate of drug-likeness (QED) is 0.464. The molecular weight excluding hydrogens is 448 g/mol. The van der Waals surface area contributed by atoms with E-state index >= 15 is 0 Å². The van der Waals surface area contributed by atoms with Crippen molar-refractivity contribution in [2.24, 2.45) is 10.2 Å². The third kappa shape index (κ3) is 4.85. The Hall–Kier alpha value is -2.75. The van der Waals surface area contributed by atoms with Crippen LogP contribution in [0.5, 0.6) is 0 Å². The Morgan fingerprint density at radius 1 is 1.09 bits per heavy atom. The molecule has 0 spiro atoms. The molecular formula is C22H25ClN6O2S. The first-order valence-electron chi connectivity index (χ1n) is 10.5. The molecule has 3 aromatic rings. The number of nitrogen functional groups attached to an aromatic ring is 1. The maximum absolute atomic E-state index is 12.8. The first-order valence-corrected chi connectivity index (χ1v) is 12.4. The van der Waals surface area contributed by atoms with Gasteiger partial charge in [-0.25, -0.2) is 17.8 Å². The van der Waals surface area contributed by atoms with Crippen molar-refractivity contribution in [3.05, 3.63) is 59.2 Å². The third-order valence-corrected chi connectivity index (χ3v) is 7.31. The molecule has 0 radical (unpaired) electrons. The maximum atomic E-state index is 12.8. The normalized spacial score (nSPS) is 15.4. The average Bonchev–Trinajstić information content (AvgIpc) is 3.07. The highest BCUT2D eigenvalue weighted by Crippen LogP contribution is 2.33. The van der Waals surface area contributed by atoms with Gasteiger partial charge < -0.3 is 5.73 Å². The van der Waals surface area contributed by atoms with Crippen LogP contribution in [-0.2, 0) is 10.0 Å². The van der Waals surface area contributed by atoms with Gasteiger partial charge in [0.2, 0.25) is 10.0 Å². The lowest BCUT2D eigenvalue weighted by Crippen LogP contribution is -2.36. The summed E-state index contributed by atoms with van der Waals surface area (Å²) in [6.07, 6.45) is 4.91. The van der Waals surface area contributed by atoms with E-state index in [1.54, 1.807) is 11.6 Å². The summed E-state index contributed by atoms with van der Waals surface area (Å²) in [5.41, 5.74) is 8.28. The van der Waals surface area contributed by atoms with Crippen molar-refractivity contribution in [1.29, 1.82) is 0 Å². The predicted octanol–water partition coefficient (Wildman–Crippen LogP) is 5.44. The summed E-state index contributed by atoms with van der Waals surface area (Å²) in [6, 6.07) is 13.8. The number of para-hydroxylation sites is 1. The summed E-state index contributed by atoms with van der Waals surface area (Å²) in [5, 5.41) is 13.2. The molecule has 1 aliphatic carbocycles. The second kappa shape index (κ2) is 9.40. The highest BCUT2D eigenvalue weighted by atomic mass is 35.5. The van der Waals surface area contributed by atoms with Gasteiger partial charge in [-0.05, 0) is 50.1 Å². The fourth-order valence-electron chi connectivity index (χ4n) is 3.77. The van der Waals surface area contributed by atoms with Gasteiger partial charge in [0.15, 0.2) is 11.5 Å². The lowest BCUT2D eigenvalue weighted by atomic mass is 9.96. The number of rotatable bonds is 6. The summed E-state index contributed by atoms with van der Waals surface area (Å²) in [4.78, 5) is 0.103. The number of aryl methyl sites for hydroxylation is 1.